The van der Waals surface area contributed by atoms with Crippen molar-refractivity contribution in [3.8, 4) is 5.75 Å². The number of methoxy groups -OCH3 is 1. The summed E-state index contributed by atoms with van der Waals surface area (Å²) in [5, 5.41) is 10.7. The van der Waals surface area contributed by atoms with Crippen LogP contribution in [0.2, 0.25) is 0 Å². The lowest BCUT2D eigenvalue weighted by molar-refractivity contribution is -0.0275. The Morgan fingerprint density at radius 1 is 1.21 bits per heavy atom. The van der Waals surface area contributed by atoms with Crippen molar-refractivity contribution < 1.29 is 19.4 Å². The van der Waals surface area contributed by atoms with E-state index >= 15 is 0 Å². The second kappa shape index (κ2) is 8.84. The zero-order valence-corrected chi connectivity index (χ0v) is 19.6. The predicted molar refractivity (Wildman–Crippen MR) is 128 cm³/mol. The molecule has 2 aliphatic rings. The van der Waals surface area contributed by atoms with E-state index in [9.17, 15) is 9.90 Å². The molecule has 1 fully saturated rings. The standard InChI is InChI=1S/C27H32N2O4/c1-4-33-20-11-12-29(22(14-20)17-5-7-18(8-6-17)27(30)31)21-10-9-19-15-28-26-16(2)13-23(32-3)25(21)24(19)26/h5-8,13,15,20-22,28H,4,9-12,14H2,1-3H3,(H,30,31)/t20-,21?,22-/m1/s1. The lowest BCUT2D eigenvalue weighted by Crippen LogP contribution is -2.42. The van der Waals surface area contributed by atoms with Gasteiger partial charge in [-0.1, -0.05) is 12.1 Å². The molecule has 0 saturated carbocycles. The molecule has 0 spiro atoms. The fourth-order valence-electron chi connectivity index (χ4n) is 5.90. The first-order valence-corrected chi connectivity index (χ1v) is 11.9. The number of hydrogen-bond acceptors (Lipinski definition) is 4. The molecule has 6 nitrogen and oxygen atoms in total. The number of carboxylic acids is 1. The summed E-state index contributed by atoms with van der Waals surface area (Å²) in [6.07, 6.45) is 6.31. The van der Waals surface area contributed by atoms with Gasteiger partial charge >= 0.3 is 5.97 Å². The number of likely N-dealkylation sites (tertiary alicyclic amines) is 1. The highest BCUT2D eigenvalue weighted by Gasteiger charge is 2.38. The molecule has 2 N–H and O–H groups in total. The van der Waals surface area contributed by atoms with Crippen LogP contribution in [0.4, 0.5) is 0 Å². The third-order valence-electron chi connectivity index (χ3n) is 7.42. The van der Waals surface area contributed by atoms with Crippen LogP contribution in [0.5, 0.6) is 5.75 Å². The number of hydrogen-bond donors (Lipinski definition) is 2. The van der Waals surface area contributed by atoms with Gasteiger partial charge < -0.3 is 19.6 Å². The molecule has 3 aromatic rings. The number of H-pyrrole nitrogens is 1. The fraction of sp³-hybridized carbons (Fsp3) is 0.444. The van der Waals surface area contributed by atoms with Crippen molar-refractivity contribution >= 4 is 16.9 Å². The largest absolute Gasteiger partial charge is 0.496 e. The number of carbonyl (C=O) groups is 1. The molecule has 1 saturated heterocycles. The van der Waals surface area contributed by atoms with Gasteiger partial charge in [-0.3, -0.25) is 4.90 Å². The minimum Gasteiger partial charge on any atom is -0.496 e. The van der Waals surface area contributed by atoms with E-state index in [-0.39, 0.29) is 18.2 Å². The monoisotopic (exact) mass is 448 g/mol. The number of aromatic carboxylic acids is 1. The first-order valence-electron chi connectivity index (χ1n) is 11.9. The molecule has 0 bridgehead atoms. The molecule has 3 atom stereocenters. The molecule has 1 unspecified atom stereocenters. The summed E-state index contributed by atoms with van der Waals surface area (Å²) in [5.74, 6) is 0.0609. The van der Waals surface area contributed by atoms with Crippen LogP contribution in [-0.2, 0) is 11.2 Å². The second-order valence-electron chi connectivity index (χ2n) is 9.21. The van der Waals surface area contributed by atoms with Gasteiger partial charge in [-0.2, -0.15) is 0 Å². The minimum absolute atomic E-state index is 0.157. The number of nitrogens with zero attached hydrogens (tertiary/aromatic N) is 1. The van der Waals surface area contributed by atoms with E-state index in [2.05, 4.69) is 29.1 Å². The molecule has 5 rings (SSSR count). The molecule has 1 aliphatic carbocycles. The maximum atomic E-state index is 11.4. The van der Waals surface area contributed by atoms with Crippen LogP contribution in [0.25, 0.3) is 10.9 Å². The average Bonchev–Trinajstić information content (AvgIpc) is 3.27. The van der Waals surface area contributed by atoms with Crippen LogP contribution >= 0.6 is 0 Å². The molecule has 0 radical (unpaired) electrons. The zero-order chi connectivity index (χ0) is 23.1. The van der Waals surface area contributed by atoms with E-state index in [4.69, 9.17) is 9.47 Å². The van der Waals surface area contributed by atoms with Crippen molar-refractivity contribution in [2.24, 2.45) is 0 Å². The van der Waals surface area contributed by atoms with Crippen molar-refractivity contribution in [1.29, 1.82) is 0 Å². The van der Waals surface area contributed by atoms with E-state index in [0.717, 1.165) is 43.5 Å². The highest BCUT2D eigenvalue weighted by atomic mass is 16.5. The number of ether oxygens (including phenoxy) is 2. The second-order valence-corrected chi connectivity index (χ2v) is 9.21. The molecule has 33 heavy (non-hydrogen) atoms. The Morgan fingerprint density at radius 2 is 2.00 bits per heavy atom. The van der Waals surface area contributed by atoms with Crippen molar-refractivity contribution in [1.82, 2.24) is 9.88 Å². The number of nitrogens with one attached hydrogen (secondary N) is 1. The SMILES string of the molecule is CCO[C@@H]1CCN(C2CCc3c[nH]c4c(C)cc(OC)c2c34)[C@@H](c2ccc(C(=O)O)cc2)C1. The van der Waals surface area contributed by atoms with Gasteiger partial charge in [0, 0.05) is 47.9 Å². The topological polar surface area (TPSA) is 74.8 Å². The van der Waals surface area contributed by atoms with E-state index in [0.29, 0.717) is 12.2 Å². The lowest BCUT2D eigenvalue weighted by Gasteiger charge is -2.45. The van der Waals surface area contributed by atoms with Gasteiger partial charge in [0.2, 0.25) is 0 Å². The van der Waals surface area contributed by atoms with E-state index < -0.39 is 5.97 Å². The van der Waals surface area contributed by atoms with Crippen molar-refractivity contribution in [2.75, 3.05) is 20.3 Å². The number of rotatable bonds is 6. The van der Waals surface area contributed by atoms with Crippen LogP contribution in [0, 0.1) is 6.92 Å². The Balaban J connectivity index is 1.58. The average molecular weight is 449 g/mol. The Kier molecular flexibility index (Phi) is 5.89. The van der Waals surface area contributed by atoms with Gasteiger partial charge in [0.1, 0.15) is 5.75 Å². The third kappa shape index (κ3) is 3.81. The van der Waals surface area contributed by atoms with Crippen LogP contribution < -0.4 is 4.74 Å². The van der Waals surface area contributed by atoms with Crippen LogP contribution in [0.15, 0.2) is 36.5 Å². The van der Waals surface area contributed by atoms with Gasteiger partial charge in [0.25, 0.3) is 0 Å². The Labute approximate surface area is 194 Å². The summed E-state index contributed by atoms with van der Waals surface area (Å²) in [5.41, 5.74) is 6.52. The molecule has 174 valence electrons. The molecule has 6 heteroatoms. The molecule has 1 aromatic heterocycles. The first-order chi connectivity index (χ1) is 16.0. The number of aromatic amines is 1. The minimum atomic E-state index is -0.895. The number of carboxylic acid groups (broad SMARTS) is 1. The van der Waals surface area contributed by atoms with Gasteiger partial charge in [-0.15, -0.1) is 0 Å². The van der Waals surface area contributed by atoms with Gasteiger partial charge in [-0.05, 0) is 74.4 Å². The van der Waals surface area contributed by atoms with Crippen molar-refractivity contribution in [2.45, 2.75) is 57.7 Å². The molecule has 1 aliphatic heterocycles. The molecule has 2 aromatic carbocycles. The number of aryl methyl sites for hydroxylation is 2. The fourth-order valence-corrected chi connectivity index (χ4v) is 5.90. The Morgan fingerprint density at radius 3 is 2.70 bits per heavy atom. The van der Waals surface area contributed by atoms with Gasteiger partial charge in [0.05, 0.1) is 18.8 Å². The number of benzene rings is 2. The predicted octanol–water partition coefficient (Wildman–Crippen LogP) is 5.41. The third-order valence-corrected chi connectivity index (χ3v) is 7.42. The molecular formula is C27H32N2O4. The summed E-state index contributed by atoms with van der Waals surface area (Å²) in [6, 6.07) is 9.93. The van der Waals surface area contributed by atoms with Crippen LogP contribution in [-0.4, -0.2) is 47.3 Å². The highest BCUT2D eigenvalue weighted by molar-refractivity contribution is 5.92. The lowest BCUT2D eigenvalue weighted by atomic mass is 9.82. The summed E-state index contributed by atoms with van der Waals surface area (Å²) >= 11 is 0. The van der Waals surface area contributed by atoms with E-state index in [1.54, 1.807) is 19.2 Å². The summed E-state index contributed by atoms with van der Waals surface area (Å²) < 4.78 is 12.0. The normalized spacial score (nSPS) is 23.1. The molecular weight excluding hydrogens is 416 g/mol. The zero-order valence-electron chi connectivity index (χ0n) is 19.6. The van der Waals surface area contributed by atoms with Crippen molar-refractivity contribution in [3.63, 3.8) is 0 Å². The maximum absolute atomic E-state index is 11.4. The number of aromatic nitrogens is 1. The molecule has 2 heterocycles. The maximum Gasteiger partial charge on any atom is 0.335 e. The van der Waals surface area contributed by atoms with Gasteiger partial charge in [-0.25, -0.2) is 4.79 Å². The smallest absolute Gasteiger partial charge is 0.335 e. The summed E-state index contributed by atoms with van der Waals surface area (Å²) in [7, 11) is 1.76. The van der Waals surface area contributed by atoms with Crippen molar-refractivity contribution in [3.05, 3.63) is 64.3 Å². The highest BCUT2D eigenvalue weighted by Crippen LogP contribution is 2.49. The Bertz CT molecular complexity index is 1170. The van der Waals surface area contributed by atoms with E-state index in [1.807, 2.05) is 19.1 Å². The molecule has 0 amide bonds. The quantitative estimate of drug-likeness (QED) is 0.527. The number of piperidine rings is 1. The van der Waals surface area contributed by atoms with Crippen LogP contribution in [0.1, 0.15) is 70.9 Å². The Hall–Kier alpha value is -2.83. The van der Waals surface area contributed by atoms with E-state index in [1.165, 1.54) is 27.6 Å². The first kappa shape index (κ1) is 22.0. The summed E-state index contributed by atoms with van der Waals surface area (Å²) in [4.78, 5) is 17.5. The summed E-state index contributed by atoms with van der Waals surface area (Å²) in [6.45, 7) is 5.81. The van der Waals surface area contributed by atoms with Crippen LogP contribution in [0.3, 0.4) is 0 Å². The van der Waals surface area contributed by atoms with Gasteiger partial charge in [0.15, 0.2) is 0 Å².